The minimum atomic E-state index is -1.15. The highest BCUT2D eigenvalue weighted by Crippen LogP contribution is 2.23. The maximum atomic E-state index is 13.9. The lowest BCUT2D eigenvalue weighted by molar-refractivity contribution is -0.143. The Morgan fingerprint density at radius 1 is 0.907 bits per heavy atom. The zero-order valence-electron chi connectivity index (χ0n) is 24.3. The van der Waals surface area contributed by atoms with Gasteiger partial charge in [-0.15, -0.1) is 0 Å². The van der Waals surface area contributed by atoms with Gasteiger partial charge in [-0.3, -0.25) is 24.0 Å². The second-order valence-electron chi connectivity index (χ2n) is 11.2. The molecule has 10 nitrogen and oxygen atoms in total. The first-order valence-electron chi connectivity index (χ1n) is 14.9. The zero-order chi connectivity index (χ0) is 30.9. The second kappa shape index (κ2) is 15.1. The molecule has 2 aromatic carbocycles. The molecule has 4 amide bonds. The number of hydrogen-bond acceptors (Lipinski definition) is 6. The van der Waals surface area contributed by atoms with Crippen molar-refractivity contribution in [2.45, 2.75) is 88.6 Å². The molecule has 2 aliphatic rings. The number of aliphatic hydroxyl groups excluding tert-OH is 1. The summed E-state index contributed by atoms with van der Waals surface area (Å²) in [4.78, 5) is 68.2. The number of carbonyl (C=O) groups excluding carboxylic acids is 5. The van der Waals surface area contributed by atoms with E-state index in [1.807, 2.05) is 30.3 Å². The molecule has 0 spiro atoms. The topological polar surface area (TPSA) is 145 Å². The predicted molar refractivity (Wildman–Crippen MR) is 161 cm³/mol. The van der Waals surface area contributed by atoms with Crippen LogP contribution < -0.4 is 16.0 Å². The van der Waals surface area contributed by atoms with Crippen LogP contribution in [-0.2, 0) is 30.4 Å². The molecule has 0 saturated carbocycles. The fraction of sp³-hybridized carbons (Fsp3) is 0.469. The molecule has 2 saturated heterocycles. The summed E-state index contributed by atoms with van der Waals surface area (Å²) in [5, 5.41) is 18.4. The Hall–Kier alpha value is -3.76. The number of rotatable bonds is 10. The normalized spacial score (nSPS) is 23.7. The highest BCUT2D eigenvalue weighted by atomic mass is 35.5. The largest absolute Gasteiger partial charge is 0.386 e. The highest BCUT2D eigenvalue weighted by Gasteiger charge is 2.40. The van der Waals surface area contributed by atoms with Crippen LogP contribution in [0.25, 0.3) is 0 Å². The SMILES string of the molecule is C[C@H](O)C(=O)CCCCC[C@@H]1NC(=O)[C@H]2CCCN2C(=O)[C@H](Cc2ccccc2)NC(=O)[C@H](c2ccc(Cl)cc2)NC1=O. The van der Waals surface area contributed by atoms with E-state index in [0.29, 0.717) is 49.2 Å². The average Bonchev–Trinajstić information content (AvgIpc) is 3.49. The van der Waals surface area contributed by atoms with Crippen LogP contribution in [0.5, 0.6) is 0 Å². The standard InChI is InChI=1S/C32H39ClN4O6/c1-20(38)27(39)13-7-3-6-11-24-29(40)36-28(22-14-16-23(33)17-15-22)31(42)35-25(19-21-9-4-2-5-10-21)32(43)37-18-8-12-26(37)30(41)34-24/h2,4-5,9-10,14-17,20,24-26,28,38H,3,6-8,11-13,18-19H2,1H3,(H,34,41)(H,35,42)(H,36,40)/t20-,24-,25-,26+,28-/m0/s1. The molecule has 4 rings (SSSR count). The molecule has 11 heteroatoms. The molecule has 0 aromatic heterocycles. The molecule has 2 fully saturated rings. The lowest BCUT2D eigenvalue weighted by Gasteiger charge is -2.32. The molecule has 4 N–H and O–H groups in total. The number of nitrogens with zero attached hydrogens (tertiary/aromatic N) is 1. The molecule has 2 aromatic rings. The number of aliphatic hydroxyl groups is 1. The lowest BCUT2D eigenvalue weighted by Crippen LogP contribution is -2.59. The van der Waals surface area contributed by atoms with Crippen LogP contribution in [0.2, 0.25) is 5.02 Å². The van der Waals surface area contributed by atoms with Gasteiger partial charge in [-0.05, 0) is 55.9 Å². The summed E-state index contributed by atoms with van der Waals surface area (Å²) in [6, 6.07) is 12.0. The van der Waals surface area contributed by atoms with Crippen molar-refractivity contribution in [1.82, 2.24) is 20.9 Å². The van der Waals surface area contributed by atoms with Gasteiger partial charge in [-0.25, -0.2) is 0 Å². The van der Waals surface area contributed by atoms with Crippen LogP contribution in [0.4, 0.5) is 0 Å². The van der Waals surface area contributed by atoms with Crippen molar-refractivity contribution in [2.24, 2.45) is 0 Å². The minimum Gasteiger partial charge on any atom is -0.386 e. The summed E-state index contributed by atoms with van der Waals surface area (Å²) >= 11 is 6.08. The molecule has 43 heavy (non-hydrogen) atoms. The van der Waals surface area contributed by atoms with Crippen LogP contribution in [-0.4, -0.2) is 70.2 Å². The van der Waals surface area contributed by atoms with Gasteiger partial charge in [0, 0.05) is 24.4 Å². The fourth-order valence-electron chi connectivity index (χ4n) is 5.58. The summed E-state index contributed by atoms with van der Waals surface area (Å²) in [6.07, 6.45) is 2.44. The maximum absolute atomic E-state index is 13.9. The molecule has 0 unspecified atom stereocenters. The summed E-state index contributed by atoms with van der Waals surface area (Å²) < 4.78 is 0. The third-order valence-electron chi connectivity index (χ3n) is 8.00. The van der Waals surface area contributed by atoms with Gasteiger partial charge in [-0.1, -0.05) is 66.9 Å². The number of halogens is 1. The number of unbranched alkanes of at least 4 members (excludes halogenated alkanes) is 2. The van der Waals surface area contributed by atoms with E-state index in [0.717, 1.165) is 5.56 Å². The van der Waals surface area contributed by atoms with E-state index in [9.17, 15) is 29.1 Å². The smallest absolute Gasteiger partial charge is 0.247 e. The highest BCUT2D eigenvalue weighted by molar-refractivity contribution is 6.30. The minimum absolute atomic E-state index is 0.220. The third kappa shape index (κ3) is 8.64. The Bertz CT molecular complexity index is 1300. The van der Waals surface area contributed by atoms with E-state index >= 15 is 0 Å². The molecule has 0 aliphatic carbocycles. The van der Waals surface area contributed by atoms with Crippen LogP contribution in [0.1, 0.15) is 69.0 Å². The van der Waals surface area contributed by atoms with Gasteiger partial charge >= 0.3 is 0 Å². The maximum Gasteiger partial charge on any atom is 0.247 e. The summed E-state index contributed by atoms with van der Waals surface area (Å²) in [5.74, 6) is -2.09. The van der Waals surface area contributed by atoms with Gasteiger partial charge < -0.3 is 26.0 Å². The van der Waals surface area contributed by atoms with Crippen molar-refractivity contribution >= 4 is 41.0 Å². The van der Waals surface area contributed by atoms with E-state index in [2.05, 4.69) is 16.0 Å². The summed E-state index contributed by atoms with van der Waals surface area (Å²) in [5.41, 5.74) is 1.31. The summed E-state index contributed by atoms with van der Waals surface area (Å²) in [6.45, 7) is 1.80. The molecule has 0 radical (unpaired) electrons. The Balaban J connectivity index is 1.60. The van der Waals surface area contributed by atoms with Gasteiger partial charge in [0.15, 0.2) is 5.78 Å². The molecular formula is C32H39ClN4O6. The first-order chi connectivity index (χ1) is 20.6. The van der Waals surface area contributed by atoms with Crippen LogP contribution in [0, 0.1) is 0 Å². The second-order valence-corrected chi connectivity index (χ2v) is 11.7. The van der Waals surface area contributed by atoms with E-state index < -0.39 is 48.0 Å². The molecule has 2 heterocycles. The van der Waals surface area contributed by atoms with Crippen molar-refractivity contribution in [3.05, 3.63) is 70.7 Å². The predicted octanol–water partition coefficient (Wildman–Crippen LogP) is 2.61. The van der Waals surface area contributed by atoms with E-state index in [4.69, 9.17) is 11.6 Å². The molecule has 0 bridgehead atoms. The molecule has 2 aliphatic heterocycles. The van der Waals surface area contributed by atoms with E-state index in [-0.39, 0.29) is 31.0 Å². The summed E-state index contributed by atoms with van der Waals surface area (Å²) in [7, 11) is 0. The number of nitrogens with one attached hydrogen (secondary N) is 3. The van der Waals surface area contributed by atoms with Crippen LogP contribution in [0.15, 0.2) is 54.6 Å². The Kier molecular flexibility index (Phi) is 11.3. The zero-order valence-corrected chi connectivity index (χ0v) is 25.0. The molecule has 230 valence electrons. The fourth-order valence-corrected chi connectivity index (χ4v) is 5.70. The quantitative estimate of drug-likeness (QED) is 0.304. The number of fused-ring (bicyclic) bond motifs is 1. The van der Waals surface area contributed by atoms with Crippen molar-refractivity contribution in [3.63, 3.8) is 0 Å². The van der Waals surface area contributed by atoms with E-state index in [1.54, 1.807) is 24.3 Å². The van der Waals surface area contributed by atoms with Crippen molar-refractivity contribution in [1.29, 1.82) is 0 Å². The number of Topliss-reactive ketones (excluding diaryl/α,β-unsaturated/α-hetero) is 1. The number of amides is 4. The van der Waals surface area contributed by atoms with Gasteiger partial charge in [0.1, 0.15) is 30.3 Å². The van der Waals surface area contributed by atoms with Gasteiger partial charge in [0.2, 0.25) is 23.6 Å². The van der Waals surface area contributed by atoms with Crippen molar-refractivity contribution < 1.29 is 29.1 Å². The van der Waals surface area contributed by atoms with Crippen LogP contribution >= 0.6 is 11.6 Å². The van der Waals surface area contributed by atoms with Crippen LogP contribution in [0.3, 0.4) is 0 Å². The molecule has 5 atom stereocenters. The molecular weight excluding hydrogens is 572 g/mol. The average molecular weight is 611 g/mol. The third-order valence-corrected chi connectivity index (χ3v) is 8.25. The van der Waals surface area contributed by atoms with Gasteiger partial charge in [0.25, 0.3) is 0 Å². The Morgan fingerprint density at radius 3 is 2.30 bits per heavy atom. The number of hydrogen-bond donors (Lipinski definition) is 4. The number of ketones is 1. The first kappa shape index (κ1) is 32.2. The number of benzene rings is 2. The van der Waals surface area contributed by atoms with Gasteiger partial charge in [0.05, 0.1) is 0 Å². The van der Waals surface area contributed by atoms with E-state index in [1.165, 1.54) is 11.8 Å². The monoisotopic (exact) mass is 610 g/mol. The first-order valence-corrected chi connectivity index (χ1v) is 15.2. The van der Waals surface area contributed by atoms with Gasteiger partial charge in [-0.2, -0.15) is 0 Å². The van der Waals surface area contributed by atoms with Crippen molar-refractivity contribution in [3.8, 4) is 0 Å². The number of carbonyl (C=O) groups is 5. The van der Waals surface area contributed by atoms with Crippen molar-refractivity contribution in [2.75, 3.05) is 6.54 Å². The Labute approximate surface area is 256 Å². The Morgan fingerprint density at radius 2 is 1.60 bits per heavy atom. The lowest BCUT2D eigenvalue weighted by atomic mass is 10.00.